The first-order valence-corrected chi connectivity index (χ1v) is 7.96. The molecule has 4 rings (SSSR count). The summed E-state index contributed by atoms with van der Waals surface area (Å²) in [5.41, 5.74) is 0.324. The maximum atomic E-state index is 6.26. The van der Waals surface area contributed by atoms with Crippen molar-refractivity contribution in [1.82, 2.24) is 0 Å². The van der Waals surface area contributed by atoms with Crippen LogP contribution in [0.5, 0.6) is 0 Å². The Morgan fingerprint density at radius 3 is 1.84 bits per heavy atom. The Bertz CT molecular complexity index is 350. The van der Waals surface area contributed by atoms with Gasteiger partial charge in [-0.3, -0.25) is 0 Å². The van der Waals surface area contributed by atoms with Crippen LogP contribution < -0.4 is 0 Å². The minimum absolute atomic E-state index is 0.0402. The second-order valence-electron chi connectivity index (χ2n) is 8.91. The first-order valence-electron chi connectivity index (χ1n) is 7.96. The average molecular weight is 264 g/mol. The van der Waals surface area contributed by atoms with Crippen LogP contribution in [-0.2, 0) is 9.31 Å². The van der Waals surface area contributed by atoms with E-state index in [-0.39, 0.29) is 18.3 Å². The molecule has 3 heteroatoms. The fourth-order valence-corrected chi connectivity index (χ4v) is 4.29. The van der Waals surface area contributed by atoms with Crippen molar-refractivity contribution in [3.05, 3.63) is 0 Å². The predicted molar refractivity (Wildman–Crippen MR) is 79.1 cm³/mol. The molecule has 0 aromatic rings. The lowest BCUT2D eigenvalue weighted by atomic mass is 9.23. The maximum absolute atomic E-state index is 6.26. The summed E-state index contributed by atoms with van der Waals surface area (Å²) in [6.07, 6.45) is 6.79. The normalized spacial score (nSPS) is 42.2. The molecule has 19 heavy (non-hydrogen) atoms. The van der Waals surface area contributed by atoms with Crippen LogP contribution >= 0.6 is 0 Å². The van der Waals surface area contributed by atoms with Crippen molar-refractivity contribution in [2.75, 3.05) is 0 Å². The first kappa shape index (κ1) is 13.9. The van der Waals surface area contributed by atoms with E-state index < -0.39 is 0 Å². The molecule has 0 unspecified atom stereocenters. The van der Waals surface area contributed by atoms with Gasteiger partial charge in [0.15, 0.2) is 0 Å². The van der Waals surface area contributed by atoms with E-state index in [1.54, 1.807) is 0 Å². The van der Waals surface area contributed by atoms with Crippen LogP contribution in [0.25, 0.3) is 0 Å². The molecular formula is C16H29BO2. The largest absolute Gasteiger partial charge is 0.464 e. The zero-order valence-electron chi connectivity index (χ0n) is 13.5. The number of hydrogen-bond donors (Lipinski definition) is 0. The standard InChI is InChI=1S/C16H29BO2/c1-12(2)7-8-15-9-16(10-15,11-15)17-18-13(3,4)14(5,6)19-17/h12H,7-11H2,1-6H3. The Morgan fingerprint density at radius 2 is 1.42 bits per heavy atom. The quantitative estimate of drug-likeness (QED) is 0.699. The third-order valence-corrected chi connectivity index (χ3v) is 6.19. The highest BCUT2D eigenvalue weighted by Crippen LogP contribution is 2.82. The van der Waals surface area contributed by atoms with E-state index in [1.165, 1.54) is 32.1 Å². The van der Waals surface area contributed by atoms with Crippen molar-refractivity contribution in [2.24, 2.45) is 11.3 Å². The summed E-state index contributed by atoms with van der Waals surface area (Å²) in [6, 6.07) is 0. The molecule has 2 bridgehead atoms. The maximum Gasteiger partial charge on any atom is 0.464 e. The van der Waals surface area contributed by atoms with Gasteiger partial charge in [0.1, 0.15) is 0 Å². The van der Waals surface area contributed by atoms with Crippen LogP contribution in [0, 0.1) is 11.3 Å². The van der Waals surface area contributed by atoms with Gasteiger partial charge in [0.2, 0.25) is 0 Å². The molecule has 0 radical (unpaired) electrons. The number of hydrogen-bond acceptors (Lipinski definition) is 2. The topological polar surface area (TPSA) is 18.5 Å². The molecule has 0 atom stereocenters. The third-order valence-electron chi connectivity index (χ3n) is 6.19. The molecule has 4 fully saturated rings. The molecule has 0 aromatic heterocycles. The van der Waals surface area contributed by atoms with Crippen LogP contribution in [0.4, 0.5) is 0 Å². The molecular weight excluding hydrogens is 235 g/mol. The van der Waals surface area contributed by atoms with Crippen molar-refractivity contribution in [3.8, 4) is 0 Å². The summed E-state index contributed by atoms with van der Waals surface area (Å²) >= 11 is 0. The second kappa shape index (κ2) is 3.79. The van der Waals surface area contributed by atoms with Crippen molar-refractivity contribution in [3.63, 3.8) is 0 Å². The highest BCUT2D eigenvalue weighted by Gasteiger charge is 2.75. The summed E-state index contributed by atoms with van der Waals surface area (Å²) in [4.78, 5) is 0. The summed E-state index contributed by atoms with van der Waals surface area (Å²) in [7, 11) is 0.0402. The molecule has 0 spiro atoms. The van der Waals surface area contributed by atoms with E-state index in [2.05, 4.69) is 41.5 Å². The Morgan fingerprint density at radius 1 is 0.947 bits per heavy atom. The first-order chi connectivity index (χ1) is 8.60. The summed E-state index contributed by atoms with van der Waals surface area (Å²) in [5, 5.41) is 0.363. The zero-order chi connectivity index (χ0) is 14.1. The van der Waals surface area contributed by atoms with Crippen LogP contribution in [0.2, 0.25) is 5.31 Å². The van der Waals surface area contributed by atoms with Crippen LogP contribution in [0.3, 0.4) is 0 Å². The third kappa shape index (κ3) is 1.92. The molecule has 108 valence electrons. The van der Waals surface area contributed by atoms with E-state index in [0.717, 1.165) is 5.92 Å². The molecule has 1 aliphatic heterocycles. The molecule has 2 nitrogen and oxygen atoms in total. The van der Waals surface area contributed by atoms with Gasteiger partial charge in [-0.25, -0.2) is 0 Å². The van der Waals surface area contributed by atoms with Crippen LogP contribution in [-0.4, -0.2) is 18.3 Å². The lowest BCUT2D eigenvalue weighted by Crippen LogP contribution is -2.63. The Hall–Kier alpha value is -0.0151. The average Bonchev–Trinajstić information content (AvgIpc) is 2.30. The van der Waals surface area contributed by atoms with Gasteiger partial charge in [-0.2, -0.15) is 0 Å². The predicted octanol–water partition coefficient (Wildman–Crippen LogP) is 4.44. The van der Waals surface area contributed by atoms with Gasteiger partial charge in [-0.15, -0.1) is 0 Å². The van der Waals surface area contributed by atoms with Crippen LogP contribution in [0.1, 0.15) is 73.6 Å². The van der Waals surface area contributed by atoms with Crippen LogP contribution in [0.15, 0.2) is 0 Å². The van der Waals surface area contributed by atoms with Gasteiger partial charge in [0.05, 0.1) is 11.2 Å². The zero-order valence-corrected chi connectivity index (χ0v) is 13.5. The Balaban J connectivity index is 1.58. The summed E-state index contributed by atoms with van der Waals surface area (Å²) in [5.74, 6) is 0.835. The monoisotopic (exact) mass is 264 g/mol. The van der Waals surface area contributed by atoms with Crippen molar-refractivity contribution in [1.29, 1.82) is 0 Å². The highest BCUT2D eigenvalue weighted by atomic mass is 16.7. The fourth-order valence-electron chi connectivity index (χ4n) is 4.29. The van der Waals surface area contributed by atoms with Crippen molar-refractivity contribution < 1.29 is 9.31 Å². The van der Waals surface area contributed by atoms with Crippen molar-refractivity contribution in [2.45, 2.75) is 90.2 Å². The van der Waals surface area contributed by atoms with Gasteiger partial charge in [-0.05, 0) is 64.7 Å². The summed E-state index contributed by atoms with van der Waals surface area (Å²) in [6.45, 7) is 13.3. The molecule has 0 N–H and O–H groups in total. The van der Waals surface area contributed by atoms with E-state index in [4.69, 9.17) is 9.31 Å². The lowest BCUT2D eigenvalue weighted by Gasteiger charge is -2.71. The van der Waals surface area contributed by atoms with Gasteiger partial charge in [0.25, 0.3) is 0 Å². The van der Waals surface area contributed by atoms with Crippen molar-refractivity contribution >= 4 is 7.12 Å². The molecule has 0 aromatic carbocycles. The molecule has 1 heterocycles. The molecule has 1 saturated heterocycles. The van der Waals surface area contributed by atoms with E-state index in [1.807, 2.05) is 0 Å². The smallest absolute Gasteiger partial charge is 0.403 e. The molecule has 3 aliphatic carbocycles. The Kier molecular flexibility index (Phi) is 2.78. The lowest BCUT2D eigenvalue weighted by molar-refractivity contribution is -0.118. The SMILES string of the molecule is CC(C)CCC12CC(B3OC(C)(C)C(C)(C)O3)(C1)C2. The second-order valence-corrected chi connectivity index (χ2v) is 8.91. The molecule has 3 saturated carbocycles. The fraction of sp³-hybridized carbons (Fsp3) is 1.00. The molecule has 4 aliphatic rings. The van der Waals surface area contributed by atoms with E-state index in [9.17, 15) is 0 Å². The van der Waals surface area contributed by atoms with E-state index in [0.29, 0.717) is 10.7 Å². The number of rotatable bonds is 4. The minimum Gasteiger partial charge on any atom is -0.403 e. The highest BCUT2D eigenvalue weighted by molar-refractivity contribution is 6.51. The van der Waals surface area contributed by atoms with Gasteiger partial charge < -0.3 is 9.31 Å². The van der Waals surface area contributed by atoms with Gasteiger partial charge >= 0.3 is 7.12 Å². The minimum atomic E-state index is -0.168. The molecule has 0 amide bonds. The van der Waals surface area contributed by atoms with Gasteiger partial charge in [-0.1, -0.05) is 20.3 Å². The summed E-state index contributed by atoms with van der Waals surface area (Å²) < 4.78 is 12.5. The Labute approximate surface area is 118 Å². The van der Waals surface area contributed by atoms with Gasteiger partial charge in [0, 0.05) is 5.31 Å². The van der Waals surface area contributed by atoms with E-state index >= 15 is 0 Å².